The Morgan fingerprint density at radius 1 is 1.33 bits per heavy atom. The van der Waals surface area contributed by atoms with Crippen molar-refractivity contribution in [3.63, 3.8) is 0 Å². The van der Waals surface area contributed by atoms with E-state index >= 15 is 0 Å². The molecular weight excluding hydrogens is 272 g/mol. The molecule has 5 nitrogen and oxygen atoms in total. The molecule has 21 heavy (non-hydrogen) atoms. The number of methoxy groups -OCH3 is 1. The molecule has 3 N–H and O–H groups in total. The number of hydrogen-bond acceptors (Lipinski definition) is 4. The largest absolute Gasteiger partial charge is 0.481 e. The van der Waals surface area contributed by atoms with Gasteiger partial charge in [0.15, 0.2) is 0 Å². The minimum absolute atomic E-state index is 0.0197. The second-order valence-corrected chi connectivity index (χ2v) is 5.29. The first-order valence-corrected chi connectivity index (χ1v) is 7.29. The molecule has 0 fully saturated rings. The molecule has 0 aliphatic carbocycles. The molecule has 0 radical (unpaired) electrons. The summed E-state index contributed by atoms with van der Waals surface area (Å²) < 4.78 is 5.27. The highest BCUT2D eigenvalue weighted by molar-refractivity contribution is 5.66. The molecule has 0 saturated carbocycles. The van der Waals surface area contributed by atoms with E-state index in [2.05, 4.69) is 0 Å². The summed E-state index contributed by atoms with van der Waals surface area (Å²) in [4.78, 5) is 10.4. The van der Waals surface area contributed by atoms with Crippen LogP contribution in [0.2, 0.25) is 0 Å². The van der Waals surface area contributed by atoms with Crippen LogP contribution in [-0.2, 0) is 9.53 Å². The van der Waals surface area contributed by atoms with Crippen LogP contribution in [0.25, 0.3) is 0 Å². The maximum absolute atomic E-state index is 10.4. The summed E-state index contributed by atoms with van der Waals surface area (Å²) in [5.41, 5.74) is 0.814. The Morgan fingerprint density at radius 2 is 2.00 bits per heavy atom. The van der Waals surface area contributed by atoms with Crippen LogP contribution in [0.1, 0.15) is 39.5 Å². The number of rotatable bonds is 11. The molecule has 0 bridgehead atoms. The lowest BCUT2D eigenvalue weighted by molar-refractivity contribution is -0.137. The number of aliphatic hydroxyl groups is 2. The zero-order chi connectivity index (χ0) is 16.3. The Balaban J connectivity index is 4.27. The van der Waals surface area contributed by atoms with Crippen LogP contribution in [-0.4, -0.2) is 47.2 Å². The van der Waals surface area contributed by atoms with Gasteiger partial charge in [-0.15, -0.1) is 0 Å². The lowest BCUT2D eigenvalue weighted by Gasteiger charge is -2.23. The SMILES string of the molecule is CO[C@@H](C=CCCCCC(=O)O)[C@@H](O)C(C)C=C(C)CO. The van der Waals surface area contributed by atoms with E-state index in [9.17, 15) is 9.90 Å². The van der Waals surface area contributed by atoms with E-state index in [0.29, 0.717) is 6.42 Å². The number of carboxylic acids is 1. The number of carboxylic acid groups (broad SMARTS) is 1. The van der Waals surface area contributed by atoms with Crippen molar-refractivity contribution in [1.29, 1.82) is 0 Å². The number of carbonyl (C=O) groups is 1. The third-order valence-electron chi connectivity index (χ3n) is 3.28. The van der Waals surface area contributed by atoms with Crippen LogP contribution in [0.4, 0.5) is 0 Å². The molecule has 1 unspecified atom stereocenters. The van der Waals surface area contributed by atoms with Gasteiger partial charge in [-0.3, -0.25) is 4.79 Å². The van der Waals surface area contributed by atoms with Crippen molar-refractivity contribution in [2.24, 2.45) is 5.92 Å². The highest BCUT2D eigenvalue weighted by Gasteiger charge is 2.21. The molecule has 0 aromatic rings. The van der Waals surface area contributed by atoms with Gasteiger partial charge in [-0.25, -0.2) is 0 Å². The number of unbranched alkanes of at least 4 members (excludes halogenated alkanes) is 2. The van der Waals surface area contributed by atoms with E-state index in [-0.39, 0.29) is 18.9 Å². The maximum atomic E-state index is 10.4. The fourth-order valence-corrected chi connectivity index (χ4v) is 2.00. The Kier molecular flexibility index (Phi) is 10.8. The standard InChI is InChI=1S/C16H28O5/c1-12(11-17)10-13(2)16(20)14(21-3)8-6-4-5-7-9-15(18)19/h6,8,10,13-14,16-17,20H,4-5,7,9,11H2,1-3H3,(H,18,19)/t13?,14-,16-/m0/s1. The topological polar surface area (TPSA) is 87.0 Å². The molecule has 122 valence electrons. The first kappa shape index (κ1) is 19.8. The highest BCUT2D eigenvalue weighted by Crippen LogP contribution is 2.15. The average Bonchev–Trinajstić information content (AvgIpc) is 2.45. The quantitative estimate of drug-likeness (QED) is 0.402. The van der Waals surface area contributed by atoms with Crippen molar-refractivity contribution >= 4 is 5.97 Å². The smallest absolute Gasteiger partial charge is 0.303 e. The Bertz CT molecular complexity index is 349. The van der Waals surface area contributed by atoms with Crippen LogP contribution in [0.3, 0.4) is 0 Å². The summed E-state index contributed by atoms with van der Waals surface area (Å²) in [6.07, 6.45) is 6.85. The predicted octanol–water partition coefficient (Wildman–Crippen LogP) is 2.14. The van der Waals surface area contributed by atoms with Crippen molar-refractivity contribution in [2.45, 2.75) is 51.7 Å². The minimum atomic E-state index is -0.774. The third kappa shape index (κ3) is 9.39. The molecular formula is C16H28O5. The third-order valence-corrected chi connectivity index (χ3v) is 3.28. The lowest BCUT2D eigenvalue weighted by atomic mass is 9.96. The van der Waals surface area contributed by atoms with Gasteiger partial charge in [0.05, 0.1) is 12.7 Å². The number of aliphatic hydroxyl groups excluding tert-OH is 2. The molecule has 0 aromatic heterocycles. The van der Waals surface area contributed by atoms with E-state index in [4.69, 9.17) is 14.9 Å². The fraction of sp³-hybridized carbons (Fsp3) is 0.688. The van der Waals surface area contributed by atoms with Crippen LogP contribution in [0.5, 0.6) is 0 Å². The predicted molar refractivity (Wildman–Crippen MR) is 82.1 cm³/mol. The van der Waals surface area contributed by atoms with Crippen LogP contribution in [0, 0.1) is 5.92 Å². The molecule has 3 atom stereocenters. The number of allylic oxidation sites excluding steroid dienone is 1. The van der Waals surface area contributed by atoms with E-state index < -0.39 is 18.2 Å². The van der Waals surface area contributed by atoms with E-state index in [1.165, 1.54) is 7.11 Å². The zero-order valence-corrected chi connectivity index (χ0v) is 13.2. The Morgan fingerprint density at radius 3 is 2.52 bits per heavy atom. The van der Waals surface area contributed by atoms with Gasteiger partial charge in [-0.2, -0.15) is 0 Å². The fourth-order valence-electron chi connectivity index (χ4n) is 2.00. The maximum Gasteiger partial charge on any atom is 0.303 e. The van der Waals surface area contributed by atoms with Crippen LogP contribution in [0.15, 0.2) is 23.8 Å². The number of ether oxygens (including phenoxy) is 1. The van der Waals surface area contributed by atoms with Gasteiger partial charge >= 0.3 is 5.97 Å². The van der Waals surface area contributed by atoms with Crippen LogP contribution < -0.4 is 0 Å². The van der Waals surface area contributed by atoms with Gasteiger partial charge < -0.3 is 20.1 Å². The molecule has 5 heteroatoms. The summed E-state index contributed by atoms with van der Waals surface area (Å²) in [6, 6.07) is 0. The summed E-state index contributed by atoms with van der Waals surface area (Å²) in [7, 11) is 1.54. The second kappa shape index (κ2) is 11.5. The first-order chi connectivity index (χ1) is 9.92. The molecule has 0 heterocycles. The van der Waals surface area contributed by atoms with Gasteiger partial charge in [0.2, 0.25) is 0 Å². The second-order valence-electron chi connectivity index (χ2n) is 5.29. The molecule has 0 rings (SSSR count). The average molecular weight is 300 g/mol. The van der Waals surface area contributed by atoms with Gasteiger partial charge in [0.1, 0.15) is 6.10 Å². The van der Waals surface area contributed by atoms with E-state index in [1.807, 2.05) is 32.1 Å². The zero-order valence-electron chi connectivity index (χ0n) is 13.2. The van der Waals surface area contributed by atoms with Gasteiger partial charge in [-0.1, -0.05) is 30.7 Å². The molecule has 0 aliphatic rings. The van der Waals surface area contributed by atoms with Crippen molar-refractivity contribution in [2.75, 3.05) is 13.7 Å². The normalized spacial score (nSPS) is 16.9. The van der Waals surface area contributed by atoms with Gasteiger partial charge in [-0.05, 0) is 26.2 Å². The van der Waals surface area contributed by atoms with E-state index in [0.717, 1.165) is 18.4 Å². The molecule has 0 aliphatic heterocycles. The summed E-state index contributed by atoms with van der Waals surface area (Å²) >= 11 is 0. The highest BCUT2D eigenvalue weighted by atomic mass is 16.5. The summed E-state index contributed by atoms with van der Waals surface area (Å²) in [5, 5.41) is 27.7. The Hall–Kier alpha value is -1.17. The summed E-state index contributed by atoms with van der Waals surface area (Å²) in [6.45, 7) is 3.66. The van der Waals surface area contributed by atoms with Crippen molar-refractivity contribution in [3.05, 3.63) is 23.8 Å². The first-order valence-electron chi connectivity index (χ1n) is 7.29. The van der Waals surface area contributed by atoms with Gasteiger partial charge in [0.25, 0.3) is 0 Å². The minimum Gasteiger partial charge on any atom is -0.481 e. The van der Waals surface area contributed by atoms with Gasteiger partial charge in [0, 0.05) is 19.4 Å². The van der Waals surface area contributed by atoms with Crippen molar-refractivity contribution in [1.82, 2.24) is 0 Å². The number of aliphatic carboxylic acids is 1. The number of hydrogen-bond donors (Lipinski definition) is 3. The molecule has 0 aromatic carbocycles. The Labute approximate surface area is 126 Å². The summed E-state index contributed by atoms with van der Waals surface area (Å²) in [5.74, 6) is -0.900. The van der Waals surface area contributed by atoms with E-state index in [1.54, 1.807) is 0 Å². The molecule has 0 spiro atoms. The van der Waals surface area contributed by atoms with Crippen molar-refractivity contribution in [3.8, 4) is 0 Å². The van der Waals surface area contributed by atoms with Crippen molar-refractivity contribution < 1.29 is 24.9 Å². The molecule has 0 amide bonds. The monoisotopic (exact) mass is 300 g/mol. The van der Waals surface area contributed by atoms with Crippen LogP contribution >= 0.6 is 0 Å². The lowest BCUT2D eigenvalue weighted by Crippen LogP contribution is -2.31. The molecule has 0 saturated heterocycles.